The number of rotatable bonds is 7. The Bertz CT molecular complexity index is 3290. The molecule has 0 bridgehead atoms. The van der Waals surface area contributed by atoms with Crippen LogP contribution in [0.5, 0.6) is 0 Å². The first kappa shape index (κ1) is 33.6. The molecule has 0 unspecified atom stereocenters. The summed E-state index contributed by atoms with van der Waals surface area (Å²) in [6, 6.07) is 83.8. The Morgan fingerprint density at radius 3 is 1.66 bits per heavy atom. The highest BCUT2D eigenvalue weighted by molar-refractivity contribution is 6.15. The fourth-order valence-electron chi connectivity index (χ4n) is 8.92. The van der Waals surface area contributed by atoms with E-state index in [0.717, 1.165) is 33.9 Å². The smallest absolute Gasteiger partial charge is 0.0546 e. The molecule has 10 aromatic carbocycles. The first-order chi connectivity index (χ1) is 28.8. The van der Waals surface area contributed by atoms with E-state index in [9.17, 15) is 0 Å². The van der Waals surface area contributed by atoms with Crippen LogP contribution in [0.15, 0.2) is 231 Å². The first-order valence-corrected chi connectivity index (χ1v) is 19.9. The highest BCUT2D eigenvalue weighted by Crippen LogP contribution is 2.47. The Hall–Kier alpha value is -7.68. The standard InChI is InChI=1S/C56H38N2/c1-3-18-39(19-4-1)41-23-17-24-44(36-41)57(56-38-43-22-7-8-25-45(43)46-26-9-10-27-47(46)56)52-31-14-11-28-48(52)49-29-12-15-32-53(49)58-54-33-16-13-30-50(54)51-37-42(34-35-55(51)58)40-20-5-2-6-21-40/h1-38H. The summed E-state index contributed by atoms with van der Waals surface area (Å²) in [4.78, 5) is 2.48. The van der Waals surface area contributed by atoms with Gasteiger partial charge in [-0.3, -0.25) is 0 Å². The number of fused-ring (bicyclic) bond motifs is 6. The Labute approximate surface area is 338 Å². The zero-order chi connectivity index (χ0) is 38.4. The van der Waals surface area contributed by atoms with Crippen molar-refractivity contribution in [2.45, 2.75) is 0 Å². The minimum atomic E-state index is 1.09. The molecule has 0 aliphatic heterocycles. The highest BCUT2D eigenvalue weighted by Gasteiger charge is 2.23. The number of anilines is 3. The molecule has 1 heterocycles. The number of hydrogen-bond acceptors (Lipinski definition) is 1. The van der Waals surface area contributed by atoms with E-state index < -0.39 is 0 Å². The van der Waals surface area contributed by atoms with E-state index in [1.165, 1.54) is 65.6 Å². The molecule has 0 saturated carbocycles. The lowest BCUT2D eigenvalue weighted by Crippen LogP contribution is -2.12. The lowest BCUT2D eigenvalue weighted by Gasteiger charge is -2.30. The van der Waals surface area contributed by atoms with Crippen molar-refractivity contribution in [1.29, 1.82) is 0 Å². The predicted molar refractivity (Wildman–Crippen MR) is 247 cm³/mol. The predicted octanol–water partition coefficient (Wildman–Crippen LogP) is 15.6. The summed E-state index contributed by atoms with van der Waals surface area (Å²) in [5, 5.41) is 7.37. The summed E-state index contributed by atoms with van der Waals surface area (Å²) in [6.07, 6.45) is 0. The van der Waals surface area contributed by atoms with Gasteiger partial charge in [0.2, 0.25) is 0 Å². The summed E-state index contributed by atoms with van der Waals surface area (Å²) in [5.74, 6) is 0. The van der Waals surface area contributed by atoms with Gasteiger partial charge in [-0.1, -0.05) is 182 Å². The topological polar surface area (TPSA) is 8.17 Å². The monoisotopic (exact) mass is 738 g/mol. The fraction of sp³-hybridized carbons (Fsp3) is 0. The second kappa shape index (κ2) is 14.1. The van der Waals surface area contributed by atoms with Crippen LogP contribution in [0.25, 0.3) is 82.4 Å². The van der Waals surface area contributed by atoms with Gasteiger partial charge in [0.05, 0.1) is 28.1 Å². The van der Waals surface area contributed by atoms with Crippen LogP contribution >= 0.6 is 0 Å². The third-order valence-electron chi connectivity index (χ3n) is 11.6. The van der Waals surface area contributed by atoms with Crippen LogP contribution in [-0.4, -0.2) is 4.57 Å². The van der Waals surface area contributed by atoms with Gasteiger partial charge in [0.15, 0.2) is 0 Å². The van der Waals surface area contributed by atoms with Gasteiger partial charge in [0.25, 0.3) is 0 Å². The summed E-state index contributed by atoms with van der Waals surface area (Å²) < 4.78 is 2.46. The van der Waals surface area contributed by atoms with E-state index in [1.807, 2.05) is 0 Å². The third-order valence-corrected chi connectivity index (χ3v) is 11.6. The minimum Gasteiger partial charge on any atom is -0.309 e. The van der Waals surface area contributed by atoms with Gasteiger partial charge < -0.3 is 9.47 Å². The van der Waals surface area contributed by atoms with Gasteiger partial charge in [-0.15, -0.1) is 0 Å². The van der Waals surface area contributed by atoms with Crippen LogP contribution in [0.1, 0.15) is 0 Å². The lowest BCUT2D eigenvalue weighted by atomic mass is 9.96. The molecule has 0 atom stereocenters. The Morgan fingerprint density at radius 2 is 0.862 bits per heavy atom. The van der Waals surface area contributed by atoms with Gasteiger partial charge >= 0.3 is 0 Å². The van der Waals surface area contributed by atoms with E-state index in [2.05, 4.69) is 240 Å². The van der Waals surface area contributed by atoms with Crippen LogP contribution in [0.4, 0.5) is 17.1 Å². The maximum atomic E-state index is 2.48. The fourth-order valence-corrected chi connectivity index (χ4v) is 8.92. The van der Waals surface area contributed by atoms with Gasteiger partial charge in [-0.05, 0) is 86.9 Å². The number of benzene rings is 10. The van der Waals surface area contributed by atoms with E-state index in [0.29, 0.717) is 0 Å². The second-order valence-electron chi connectivity index (χ2n) is 14.9. The van der Waals surface area contributed by atoms with Crippen molar-refractivity contribution in [2.75, 3.05) is 4.90 Å². The van der Waals surface area contributed by atoms with Crippen LogP contribution in [0.3, 0.4) is 0 Å². The molecule has 0 spiro atoms. The van der Waals surface area contributed by atoms with Crippen LogP contribution in [0, 0.1) is 0 Å². The average molecular weight is 739 g/mol. The van der Waals surface area contributed by atoms with Gasteiger partial charge in [0.1, 0.15) is 0 Å². The molecule has 2 heteroatoms. The number of para-hydroxylation sites is 3. The molecular weight excluding hydrogens is 701 g/mol. The molecule has 0 amide bonds. The lowest BCUT2D eigenvalue weighted by molar-refractivity contribution is 1.18. The van der Waals surface area contributed by atoms with Crippen molar-refractivity contribution in [3.63, 3.8) is 0 Å². The Morgan fingerprint density at radius 1 is 0.293 bits per heavy atom. The molecule has 0 radical (unpaired) electrons. The molecular formula is C56H38N2. The zero-order valence-corrected chi connectivity index (χ0v) is 31.8. The molecule has 0 N–H and O–H groups in total. The van der Waals surface area contributed by atoms with Crippen molar-refractivity contribution < 1.29 is 0 Å². The molecule has 11 aromatic rings. The van der Waals surface area contributed by atoms with E-state index in [4.69, 9.17) is 0 Å². The molecule has 0 aliphatic rings. The normalized spacial score (nSPS) is 11.4. The second-order valence-corrected chi connectivity index (χ2v) is 14.9. The maximum absolute atomic E-state index is 2.48. The van der Waals surface area contributed by atoms with Crippen molar-refractivity contribution in [3.05, 3.63) is 231 Å². The third kappa shape index (κ3) is 5.66. The van der Waals surface area contributed by atoms with E-state index >= 15 is 0 Å². The van der Waals surface area contributed by atoms with Crippen molar-refractivity contribution in [3.8, 4) is 39.1 Å². The Balaban J connectivity index is 1.17. The number of nitrogens with zero attached hydrogens (tertiary/aromatic N) is 2. The van der Waals surface area contributed by atoms with Crippen LogP contribution in [0.2, 0.25) is 0 Å². The molecule has 0 aliphatic carbocycles. The van der Waals surface area contributed by atoms with Crippen LogP contribution < -0.4 is 4.90 Å². The molecule has 0 saturated heterocycles. The molecule has 58 heavy (non-hydrogen) atoms. The minimum absolute atomic E-state index is 1.09. The summed E-state index contributed by atoms with van der Waals surface area (Å²) in [5.41, 5.74) is 13.9. The summed E-state index contributed by atoms with van der Waals surface area (Å²) in [7, 11) is 0. The number of aromatic nitrogens is 1. The van der Waals surface area contributed by atoms with E-state index in [1.54, 1.807) is 0 Å². The largest absolute Gasteiger partial charge is 0.309 e. The van der Waals surface area contributed by atoms with Crippen molar-refractivity contribution >= 4 is 60.4 Å². The van der Waals surface area contributed by atoms with Crippen LogP contribution in [-0.2, 0) is 0 Å². The first-order valence-electron chi connectivity index (χ1n) is 19.9. The van der Waals surface area contributed by atoms with Crippen molar-refractivity contribution in [2.24, 2.45) is 0 Å². The van der Waals surface area contributed by atoms with E-state index in [-0.39, 0.29) is 0 Å². The quantitative estimate of drug-likeness (QED) is 0.148. The molecule has 1 aromatic heterocycles. The number of hydrogen-bond donors (Lipinski definition) is 0. The molecule has 11 rings (SSSR count). The average Bonchev–Trinajstić information content (AvgIpc) is 3.63. The maximum Gasteiger partial charge on any atom is 0.0546 e. The van der Waals surface area contributed by atoms with Gasteiger partial charge in [-0.25, -0.2) is 0 Å². The molecule has 2 nitrogen and oxygen atoms in total. The van der Waals surface area contributed by atoms with Crippen molar-refractivity contribution in [1.82, 2.24) is 4.57 Å². The zero-order valence-electron chi connectivity index (χ0n) is 31.8. The summed E-state index contributed by atoms with van der Waals surface area (Å²) in [6.45, 7) is 0. The molecule has 0 fully saturated rings. The highest BCUT2D eigenvalue weighted by atomic mass is 15.1. The Kier molecular flexibility index (Phi) is 8.19. The van der Waals surface area contributed by atoms with Gasteiger partial charge in [-0.2, -0.15) is 0 Å². The van der Waals surface area contributed by atoms with Gasteiger partial charge in [0, 0.05) is 33.0 Å². The summed E-state index contributed by atoms with van der Waals surface area (Å²) >= 11 is 0. The SMILES string of the molecule is c1ccc(-c2cccc(N(c3ccccc3-c3ccccc3-n3c4ccccc4c4cc(-c5ccccc5)ccc43)c3cc4ccccc4c4ccccc34)c2)cc1. The molecule has 272 valence electrons.